The van der Waals surface area contributed by atoms with Crippen molar-refractivity contribution >= 4 is 5.97 Å². The maximum absolute atomic E-state index is 10.3. The number of carboxylic acid groups (broad SMARTS) is 1. The van der Waals surface area contributed by atoms with Crippen molar-refractivity contribution in [2.75, 3.05) is 0 Å². The smallest absolute Gasteiger partial charge is 0.303 e. The number of hydrogen-bond acceptors (Lipinski definition) is 2. The van der Waals surface area contributed by atoms with Crippen LogP contribution in [0.3, 0.4) is 0 Å². The average molecular weight is 344 g/mol. The van der Waals surface area contributed by atoms with Gasteiger partial charge >= 0.3 is 5.97 Å². The molecule has 3 nitrogen and oxygen atoms in total. The van der Waals surface area contributed by atoms with Crippen molar-refractivity contribution in [3.05, 3.63) is 72.6 Å². The Hall–Kier alpha value is -2.29. The Morgan fingerprint density at radius 1 is 0.720 bits per heavy atom. The van der Waals surface area contributed by atoms with E-state index in [0.29, 0.717) is 18.6 Å². The van der Waals surface area contributed by atoms with E-state index in [9.17, 15) is 9.90 Å². The second-order valence-corrected chi connectivity index (χ2v) is 5.54. The van der Waals surface area contributed by atoms with Crippen molar-refractivity contribution < 1.29 is 15.0 Å². The molecule has 0 amide bonds. The molecule has 0 aromatic carbocycles. The predicted molar refractivity (Wildman–Crippen MR) is 107 cm³/mol. The van der Waals surface area contributed by atoms with E-state index in [1.807, 2.05) is 24.3 Å². The first kappa shape index (κ1) is 22.7. The van der Waals surface area contributed by atoms with Crippen molar-refractivity contribution in [3.63, 3.8) is 0 Å². The third kappa shape index (κ3) is 19.7. The zero-order chi connectivity index (χ0) is 18.6. The van der Waals surface area contributed by atoms with Crippen LogP contribution in [0, 0.1) is 0 Å². The zero-order valence-electron chi connectivity index (χ0n) is 15.3. The van der Waals surface area contributed by atoms with Gasteiger partial charge in [-0.15, -0.1) is 0 Å². The van der Waals surface area contributed by atoms with Gasteiger partial charge in [0.1, 0.15) is 0 Å². The number of aliphatic carboxylic acids is 1. The molecule has 0 radical (unpaired) electrons. The van der Waals surface area contributed by atoms with E-state index in [4.69, 9.17) is 5.11 Å². The van der Waals surface area contributed by atoms with Crippen molar-refractivity contribution in [3.8, 4) is 0 Å². The minimum atomic E-state index is -0.753. The highest BCUT2D eigenvalue weighted by atomic mass is 16.4. The van der Waals surface area contributed by atoms with Crippen LogP contribution in [0.4, 0.5) is 0 Å². The number of aliphatic hydroxyl groups is 1. The average Bonchev–Trinajstić information content (AvgIpc) is 2.58. The molecule has 0 aromatic heterocycles. The molecule has 0 unspecified atom stereocenters. The second-order valence-electron chi connectivity index (χ2n) is 5.54. The van der Waals surface area contributed by atoms with E-state index in [-0.39, 0.29) is 6.42 Å². The quantitative estimate of drug-likeness (QED) is 0.282. The van der Waals surface area contributed by atoms with E-state index in [2.05, 4.69) is 49.5 Å². The van der Waals surface area contributed by atoms with Crippen LogP contribution >= 0.6 is 0 Å². The van der Waals surface area contributed by atoms with Gasteiger partial charge in [-0.2, -0.15) is 0 Å². The molecule has 0 heterocycles. The Morgan fingerprint density at radius 3 is 1.76 bits per heavy atom. The Morgan fingerprint density at radius 2 is 1.24 bits per heavy atom. The van der Waals surface area contributed by atoms with Crippen molar-refractivity contribution in [2.24, 2.45) is 0 Å². The molecule has 0 rings (SSSR count). The van der Waals surface area contributed by atoms with Crippen LogP contribution in [0.5, 0.6) is 0 Å². The van der Waals surface area contributed by atoms with Crippen molar-refractivity contribution in [1.29, 1.82) is 0 Å². The highest BCUT2D eigenvalue weighted by Gasteiger charge is 1.90. The van der Waals surface area contributed by atoms with Crippen LogP contribution in [0.15, 0.2) is 72.6 Å². The lowest BCUT2D eigenvalue weighted by atomic mass is 10.2. The monoisotopic (exact) mass is 344 g/mol. The maximum atomic E-state index is 10.3. The van der Waals surface area contributed by atoms with Gasteiger partial charge in [0, 0.05) is 12.8 Å². The molecule has 138 valence electrons. The number of hydrogen-bond donors (Lipinski definition) is 2. The van der Waals surface area contributed by atoms with Crippen LogP contribution in [0.2, 0.25) is 0 Å². The maximum Gasteiger partial charge on any atom is 0.303 e. The molecular weight excluding hydrogens is 312 g/mol. The molecular formula is C22H32O3. The lowest BCUT2D eigenvalue weighted by molar-refractivity contribution is -0.136. The van der Waals surface area contributed by atoms with Gasteiger partial charge in [0.15, 0.2) is 0 Å². The molecule has 3 heteroatoms. The van der Waals surface area contributed by atoms with E-state index in [1.54, 1.807) is 0 Å². The molecule has 0 fully saturated rings. The minimum Gasteiger partial charge on any atom is -0.512 e. The Bertz CT molecular complexity index is 505. The number of carbonyl (C=O) groups is 1. The van der Waals surface area contributed by atoms with E-state index < -0.39 is 5.97 Å². The first-order valence-corrected chi connectivity index (χ1v) is 9.01. The van der Waals surface area contributed by atoms with Crippen LogP contribution in [-0.4, -0.2) is 16.2 Å². The zero-order valence-corrected chi connectivity index (χ0v) is 15.3. The second kappa shape index (κ2) is 18.1. The standard InChI is InChI=1S/C22H32O3/c1-2-3-15-18-21(23)19-16-13-11-9-7-5-4-6-8-10-12-14-17-20-22(24)25/h3,5-8,11-15,19,23H,2,4,9-10,16-18,20H2,1H3,(H,24,25)/b7-5-,8-6-,13-11-,14-12-,15-3-,21-19+. The fourth-order valence-corrected chi connectivity index (χ4v) is 1.89. The van der Waals surface area contributed by atoms with Gasteiger partial charge in [0.05, 0.1) is 5.76 Å². The Labute approximate surface area is 152 Å². The van der Waals surface area contributed by atoms with Gasteiger partial charge in [0.25, 0.3) is 0 Å². The summed E-state index contributed by atoms with van der Waals surface area (Å²) < 4.78 is 0. The normalized spacial score (nSPS) is 13.4. The first-order chi connectivity index (χ1) is 12.2. The number of aliphatic hydroxyl groups excluding tert-OH is 1. The molecule has 0 saturated heterocycles. The molecule has 0 aliphatic rings. The van der Waals surface area contributed by atoms with Crippen LogP contribution < -0.4 is 0 Å². The Balaban J connectivity index is 3.65. The molecule has 0 bridgehead atoms. The highest BCUT2D eigenvalue weighted by molar-refractivity contribution is 5.66. The SMILES string of the molecule is CC/C=C\C/C(O)=C\C/C=C\C/C=C\C/C=C\C/C=C\CCC(=O)O. The van der Waals surface area contributed by atoms with Crippen molar-refractivity contribution in [1.82, 2.24) is 0 Å². The lowest BCUT2D eigenvalue weighted by Crippen LogP contribution is -1.91. The van der Waals surface area contributed by atoms with Gasteiger partial charge in [-0.25, -0.2) is 0 Å². The fourth-order valence-electron chi connectivity index (χ4n) is 1.89. The fraction of sp³-hybridized carbons (Fsp3) is 0.409. The van der Waals surface area contributed by atoms with E-state index in [1.165, 1.54) is 0 Å². The summed E-state index contributed by atoms with van der Waals surface area (Å²) in [7, 11) is 0. The summed E-state index contributed by atoms with van der Waals surface area (Å²) in [4.78, 5) is 10.3. The van der Waals surface area contributed by atoms with Crippen LogP contribution in [0.25, 0.3) is 0 Å². The summed E-state index contributed by atoms with van der Waals surface area (Å²) in [6.45, 7) is 2.07. The number of carboxylic acids is 1. The Kier molecular flexibility index (Phi) is 16.4. The number of rotatable bonds is 14. The summed E-state index contributed by atoms with van der Waals surface area (Å²) >= 11 is 0. The van der Waals surface area contributed by atoms with Gasteiger partial charge < -0.3 is 10.2 Å². The molecule has 0 aliphatic carbocycles. The largest absolute Gasteiger partial charge is 0.512 e. The third-order valence-corrected chi connectivity index (χ3v) is 3.23. The molecule has 2 N–H and O–H groups in total. The summed E-state index contributed by atoms with van der Waals surface area (Å²) in [5.74, 6) is -0.330. The molecule has 0 aliphatic heterocycles. The molecule has 0 spiro atoms. The predicted octanol–water partition coefficient (Wildman–Crippen LogP) is 6.43. The third-order valence-electron chi connectivity index (χ3n) is 3.23. The number of allylic oxidation sites excluding steroid dienone is 11. The lowest BCUT2D eigenvalue weighted by Gasteiger charge is -1.92. The van der Waals surface area contributed by atoms with Gasteiger partial charge in [-0.3, -0.25) is 4.79 Å². The van der Waals surface area contributed by atoms with Gasteiger partial charge in [-0.1, -0.05) is 67.7 Å². The van der Waals surface area contributed by atoms with Crippen molar-refractivity contribution in [2.45, 2.75) is 58.3 Å². The summed E-state index contributed by atoms with van der Waals surface area (Å²) in [6.07, 6.45) is 28.2. The topological polar surface area (TPSA) is 57.5 Å². The molecule has 0 saturated carbocycles. The van der Waals surface area contributed by atoms with E-state index in [0.717, 1.165) is 32.1 Å². The highest BCUT2D eigenvalue weighted by Crippen LogP contribution is 2.02. The van der Waals surface area contributed by atoms with Gasteiger partial charge in [-0.05, 0) is 44.6 Å². The van der Waals surface area contributed by atoms with Gasteiger partial charge in [0.2, 0.25) is 0 Å². The molecule has 0 aromatic rings. The van der Waals surface area contributed by atoms with Crippen LogP contribution in [-0.2, 0) is 4.79 Å². The summed E-state index contributed by atoms with van der Waals surface area (Å²) in [5, 5.41) is 18.1. The summed E-state index contributed by atoms with van der Waals surface area (Å²) in [6, 6.07) is 0. The van der Waals surface area contributed by atoms with Crippen LogP contribution in [0.1, 0.15) is 58.3 Å². The first-order valence-electron chi connectivity index (χ1n) is 9.01. The minimum absolute atomic E-state index is 0.196. The molecule has 25 heavy (non-hydrogen) atoms. The molecule has 0 atom stereocenters. The summed E-state index contributed by atoms with van der Waals surface area (Å²) in [5.41, 5.74) is 0. The van der Waals surface area contributed by atoms with E-state index >= 15 is 0 Å².